The molecule has 94 valence electrons. The SMILES string of the molecule is CCc1cc(N2CCC(C)C2CBr)nc(C)n1. The molecule has 2 rings (SSSR count). The molecule has 0 aliphatic carbocycles. The first-order valence-electron chi connectivity index (χ1n) is 6.32. The standard InChI is InChI=1S/C13H20BrN3/c1-4-11-7-13(16-10(3)15-11)17-6-5-9(2)12(17)8-14/h7,9,12H,4-6,8H2,1-3H3. The molecule has 4 heteroatoms. The summed E-state index contributed by atoms with van der Waals surface area (Å²) in [7, 11) is 0. The van der Waals surface area contributed by atoms with E-state index in [1.54, 1.807) is 0 Å². The Morgan fingerprint density at radius 1 is 1.47 bits per heavy atom. The van der Waals surface area contributed by atoms with Crippen molar-refractivity contribution >= 4 is 21.7 Å². The molecule has 1 aliphatic heterocycles. The normalized spacial score (nSPS) is 24.4. The third-order valence-electron chi connectivity index (χ3n) is 3.57. The summed E-state index contributed by atoms with van der Waals surface area (Å²) < 4.78 is 0. The van der Waals surface area contributed by atoms with Gasteiger partial charge in [0.1, 0.15) is 11.6 Å². The van der Waals surface area contributed by atoms with E-state index in [0.29, 0.717) is 6.04 Å². The molecule has 2 unspecified atom stereocenters. The number of aromatic nitrogens is 2. The topological polar surface area (TPSA) is 29.0 Å². The van der Waals surface area contributed by atoms with Gasteiger partial charge in [-0.2, -0.15) is 0 Å². The minimum Gasteiger partial charge on any atom is -0.352 e. The summed E-state index contributed by atoms with van der Waals surface area (Å²) >= 11 is 3.62. The van der Waals surface area contributed by atoms with Crippen LogP contribution in [-0.4, -0.2) is 27.9 Å². The molecule has 3 nitrogen and oxygen atoms in total. The van der Waals surface area contributed by atoms with Crippen molar-refractivity contribution in [3.05, 3.63) is 17.6 Å². The van der Waals surface area contributed by atoms with Crippen LogP contribution in [0.3, 0.4) is 0 Å². The first-order valence-corrected chi connectivity index (χ1v) is 7.45. The van der Waals surface area contributed by atoms with E-state index < -0.39 is 0 Å². The molecule has 0 bridgehead atoms. The molecule has 0 aromatic carbocycles. The lowest BCUT2D eigenvalue weighted by atomic mass is 10.1. The summed E-state index contributed by atoms with van der Waals surface area (Å²) in [5, 5.41) is 1.01. The second-order valence-corrected chi connectivity index (χ2v) is 5.45. The molecule has 1 saturated heterocycles. The molecule has 1 aliphatic rings. The Balaban J connectivity index is 2.30. The van der Waals surface area contributed by atoms with Gasteiger partial charge in [-0.15, -0.1) is 0 Å². The Morgan fingerprint density at radius 2 is 2.24 bits per heavy atom. The highest BCUT2D eigenvalue weighted by atomic mass is 79.9. The van der Waals surface area contributed by atoms with E-state index in [4.69, 9.17) is 0 Å². The molecule has 0 N–H and O–H groups in total. The van der Waals surface area contributed by atoms with Crippen molar-refractivity contribution in [1.29, 1.82) is 0 Å². The quantitative estimate of drug-likeness (QED) is 0.803. The number of rotatable bonds is 3. The summed E-state index contributed by atoms with van der Waals surface area (Å²) in [4.78, 5) is 11.5. The van der Waals surface area contributed by atoms with Gasteiger partial charge in [0.05, 0.1) is 0 Å². The summed E-state index contributed by atoms with van der Waals surface area (Å²) in [6.07, 6.45) is 2.22. The highest BCUT2D eigenvalue weighted by Crippen LogP contribution is 2.29. The van der Waals surface area contributed by atoms with E-state index in [2.05, 4.69) is 50.7 Å². The Hall–Kier alpha value is -0.640. The van der Waals surface area contributed by atoms with Gasteiger partial charge in [0.15, 0.2) is 0 Å². The lowest BCUT2D eigenvalue weighted by molar-refractivity contribution is 0.552. The Labute approximate surface area is 112 Å². The van der Waals surface area contributed by atoms with Crippen LogP contribution >= 0.6 is 15.9 Å². The van der Waals surface area contributed by atoms with Crippen LogP contribution in [0.2, 0.25) is 0 Å². The van der Waals surface area contributed by atoms with Crippen LogP contribution in [0.15, 0.2) is 6.07 Å². The number of alkyl halides is 1. The summed E-state index contributed by atoms with van der Waals surface area (Å²) in [6, 6.07) is 2.70. The van der Waals surface area contributed by atoms with Gasteiger partial charge in [-0.25, -0.2) is 9.97 Å². The average Bonchev–Trinajstić information content (AvgIpc) is 2.69. The van der Waals surface area contributed by atoms with E-state index in [-0.39, 0.29) is 0 Å². The molecule has 2 heterocycles. The van der Waals surface area contributed by atoms with Crippen LogP contribution in [-0.2, 0) is 6.42 Å². The molecule has 0 radical (unpaired) electrons. The predicted octanol–water partition coefficient (Wildman–Crippen LogP) is 2.96. The predicted molar refractivity (Wildman–Crippen MR) is 74.9 cm³/mol. The lowest BCUT2D eigenvalue weighted by Gasteiger charge is -2.26. The van der Waals surface area contributed by atoms with Crippen molar-refractivity contribution in [2.45, 2.75) is 39.7 Å². The summed E-state index contributed by atoms with van der Waals surface area (Å²) in [5.41, 5.74) is 1.14. The highest BCUT2D eigenvalue weighted by molar-refractivity contribution is 9.09. The fourth-order valence-electron chi connectivity index (χ4n) is 2.47. The largest absolute Gasteiger partial charge is 0.352 e. The monoisotopic (exact) mass is 297 g/mol. The van der Waals surface area contributed by atoms with Crippen LogP contribution < -0.4 is 4.90 Å². The van der Waals surface area contributed by atoms with Crippen molar-refractivity contribution in [1.82, 2.24) is 9.97 Å². The third kappa shape index (κ3) is 2.62. The zero-order valence-electron chi connectivity index (χ0n) is 10.8. The summed E-state index contributed by atoms with van der Waals surface area (Å²) in [5.74, 6) is 2.71. The van der Waals surface area contributed by atoms with Gasteiger partial charge in [-0.05, 0) is 25.7 Å². The number of anilines is 1. The van der Waals surface area contributed by atoms with E-state index in [1.165, 1.54) is 6.42 Å². The maximum Gasteiger partial charge on any atom is 0.132 e. The average molecular weight is 298 g/mol. The molecule has 1 aromatic heterocycles. The van der Waals surface area contributed by atoms with E-state index in [1.807, 2.05) is 6.92 Å². The van der Waals surface area contributed by atoms with Crippen molar-refractivity contribution in [3.63, 3.8) is 0 Å². The molecule has 0 saturated carbocycles. The molecule has 1 fully saturated rings. The summed E-state index contributed by atoms with van der Waals surface area (Å²) in [6.45, 7) is 7.54. The zero-order chi connectivity index (χ0) is 12.4. The lowest BCUT2D eigenvalue weighted by Crippen LogP contribution is -2.34. The maximum atomic E-state index is 4.59. The highest BCUT2D eigenvalue weighted by Gasteiger charge is 2.31. The van der Waals surface area contributed by atoms with E-state index in [0.717, 1.165) is 41.5 Å². The Morgan fingerprint density at radius 3 is 2.88 bits per heavy atom. The van der Waals surface area contributed by atoms with Gasteiger partial charge < -0.3 is 4.90 Å². The smallest absolute Gasteiger partial charge is 0.132 e. The number of hydrogen-bond donors (Lipinski definition) is 0. The van der Waals surface area contributed by atoms with Crippen molar-refractivity contribution < 1.29 is 0 Å². The number of aryl methyl sites for hydroxylation is 2. The van der Waals surface area contributed by atoms with Crippen LogP contribution in [0, 0.1) is 12.8 Å². The molecule has 0 amide bonds. The van der Waals surface area contributed by atoms with Crippen molar-refractivity contribution in [3.8, 4) is 0 Å². The van der Waals surface area contributed by atoms with Crippen molar-refractivity contribution in [2.24, 2.45) is 5.92 Å². The van der Waals surface area contributed by atoms with Gasteiger partial charge in [0.25, 0.3) is 0 Å². The number of nitrogens with zero attached hydrogens (tertiary/aromatic N) is 3. The van der Waals surface area contributed by atoms with Crippen molar-refractivity contribution in [2.75, 3.05) is 16.8 Å². The van der Waals surface area contributed by atoms with Gasteiger partial charge >= 0.3 is 0 Å². The molecule has 2 atom stereocenters. The van der Waals surface area contributed by atoms with Gasteiger partial charge in [-0.3, -0.25) is 0 Å². The zero-order valence-corrected chi connectivity index (χ0v) is 12.4. The maximum absolute atomic E-state index is 4.59. The second kappa shape index (κ2) is 5.34. The third-order valence-corrected chi connectivity index (χ3v) is 4.24. The minimum atomic E-state index is 0.564. The molecular formula is C13H20BrN3. The number of hydrogen-bond acceptors (Lipinski definition) is 3. The molecular weight excluding hydrogens is 278 g/mol. The van der Waals surface area contributed by atoms with Gasteiger partial charge in [0.2, 0.25) is 0 Å². The first kappa shape index (κ1) is 12.8. The second-order valence-electron chi connectivity index (χ2n) is 4.80. The van der Waals surface area contributed by atoms with Crippen LogP contribution in [0.4, 0.5) is 5.82 Å². The Bertz CT molecular complexity index is 394. The van der Waals surface area contributed by atoms with Gasteiger partial charge in [-0.1, -0.05) is 29.8 Å². The number of halogens is 1. The van der Waals surface area contributed by atoms with Crippen LogP contribution in [0.25, 0.3) is 0 Å². The van der Waals surface area contributed by atoms with Crippen LogP contribution in [0.1, 0.15) is 31.8 Å². The van der Waals surface area contributed by atoms with Crippen LogP contribution in [0.5, 0.6) is 0 Å². The Kier molecular flexibility index (Phi) is 4.02. The van der Waals surface area contributed by atoms with Gasteiger partial charge in [0, 0.05) is 29.7 Å². The van der Waals surface area contributed by atoms with E-state index >= 15 is 0 Å². The molecule has 17 heavy (non-hydrogen) atoms. The molecule has 0 spiro atoms. The fourth-order valence-corrected chi connectivity index (χ4v) is 3.46. The minimum absolute atomic E-state index is 0.564. The first-order chi connectivity index (χ1) is 8.15. The fraction of sp³-hybridized carbons (Fsp3) is 0.692. The van der Waals surface area contributed by atoms with E-state index in [9.17, 15) is 0 Å². The molecule has 1 aromatic rings.